The van der Waals surface area contributed by atoms with Gasteiger partial charge in [0.2, 0.25) is 0 Å². The Labute approximate surface area is 95.6 Å². The second-order valence-electron chi connectivity index (χ2n) is 4.06. The van der Waals surface area contributed by atoms with E-state index in [2.05, 4.69) is 29.8 Å². The minimum Gasteiger partial charge on any atom is -0.372 e. The summed E-state index contributed by atoms with van der Waals surface area (Å²) in [6.45, 7) is 5.33. The Hall–Kier alpha value is -0.380. The van der Waals surface area contributed by atoms with Gasteiger partial charge in [-0.2, -0.15) is 0 Å². The molecule has 2 nitrogen and oxygen atoms in total. The molecule has 1 aromatic rings. The summed E-state index contributed by atoms with van der Waals surface area (Å²) in [6, 6.07) is 4.30. The zero-order valence-corrected chi connectivity index (χ0v) is 10.1. The monoisotopic (exact) mass is 225 g/mol. The predicted octanol–water partition coefficient (Wildman–Crippen LogP) is 2.83. The molecule has 0 radical (unpaired) electrons. The average Bonchev–Trinajstić information content (AvgIpc) is 2.87. The van der Waals surface area contributed by atoms with Gasteiger partial charge in [-0.25, -0.2) is 0 Å². The van der Waals surface area contributed by atoms with Crippen molar-refractivity contribution < 1.29 is 4.74 Å². The van der Waals surface area contributed by atoms with Crippen LogP contribution in [-0.2, 0) is 4.74 Å². The highest BCUT2D eigenvalue weighted by Gasteiger charge is 2.29. The van der Waals surface area contributed by atoms with Crippen molar-refractivity contribution in [2.45, 2.75) is 25.9 Å². The number of hydrogen-bond donors (Lipinski definition) is 1. The van der Waals surface area contributed by atoms with Crippen LogP contribution in [-0.4, -0.2) is 19.7 Å². The molecule has 1 aromatic heterocycles. The molecule has 1 aliphatic rings. The summed E-state index contributed by atoms with van der Waals surface area (Å²) >= 11 is 1.81. The van der Waals surface area contributed by atoms with Crippen LogP contribution in [0.15, 0.2) is 17.5 Å². The van der Waals surface area contributed by atoms with Gasteiger partial charge in [0.1, 0.15) is 0 Å². The maximum atomic E-state index is 5.81. The fraction of sp³-hybridized carbons (Fsp3) is 0.667. The number of ether oxygens (including phenoxy) is 1. The van der Waals surface area contributed by atoms with Gasteiger partial charge in [0.15, 0.2) is 0 Å². The van der Waals surface area contributed by atoms with Crippen molar-refractivity contribution in [3.8, 4) is 0 Å². The molecule has 0 amide bonds. The Bertz CT molecular complexity index is 273. The first-order valence-electron chi connectivity index (χ1n) is 5.77. The first-order valence-corrected chi connectivity index (χ1v) is 6.65. The van der Waals surface area contributed by atoms with E-state index in [4.69, 9.17) is 4.74 Å². The van der Waals surface area contributed by atoms with Gasteiger partial charge < -0.3 is 10.1 Å². The number of nitrogens with one attached hydrogen (secondary N) is 1. The van der Waals surface area contributed by atoms with Crippen LogP contribution in [0.25, 0.3) is 0 Å². The van der Waals surface area contributed by atoms with Crippen LogP contribution in [0.2, 0.25) is 0 Å². The summed E-state index contributed by atoms with van der Waals surface area (Å²) in [6.07, 6.45) is 2.74. The van der Waals surface area contributed by atoms with Crippen LogP contribution in [0.4, 0.5) is 0 Å². The van der Waals surface area contributed by atoms with E-state index in [-0.39, 0.29) is 0 Å². The third-order valence-electron chi connectivity index (χ3n) is 2.87. The molecule has 2 heterocycles. The van der Waals surface area contributed by atoms with Crippen molar-refractivity contribution in [1.29, 1.82) is 0 Å². The van der Waals surface area contributed by atoms with Gasteiger partial charge in [0.05, 0.1) is 6.10 Å². The third kappa shape index (κ3) is 2.80. The molecular formula is C12H19NOS. The normalized spacial score (nSPS) is 25.9. The molecule has 1 fully saturated rings. The molecule has 84 valence electrons. The molecule has 2 unspecified atom stereocenters. The summed E-state index contributed by atoms with van der Waals surface area (Å²) < 4.78 is 5.81. The zero-order valence-electron chi connectivity index (χ0n) is 9.24. The van der Waals surface area contributed by atoms with Crippen LogP contribution in [0.3, 0.4) is 0 Å². The summed E-state index contributed by atoms with van der Waals surface area (Å²) in [5.41, 5.74) is 0. The standard InChI is InChI=1S/C12H19NOS/c1-2-6-13-9-10-5-7-14-12(10)11-4-3-8-15-11/h3-4,8,10,12-13H,2,5-7,9H2,1H3. The average molecular weight is 225 g/mol. The lowest BCUT2D eigenvalue weighted by Gasteiger charge is -2.17. The van der Waals surface area contributed by atoms with Crippen LogP contribution < -0.4 is 5.32 Å². The minimum atomic E-state index is 0.342. The second-order valence-corrected chi connectivity index (χ2v) is 5.04. The van der Waals surface area contributed by atoms with Gasteiger partial charge in [-0.3, -0.25) is 0 Å². The van der Waals surface area contributed by atoms with Crippen molar-refractivity contribution in [3.63, 3.8) is 0 Å². The van der Waals surface area contributed by atoms with Gasteiger partial charge in [0.25, 0.3) is 0 Å². The van der Waals surface area contributed by atoms with Crippen molar-refractivity contribution in [3.05, 3.63) is 22.4 Å². The topological polar surface area (TPSA) is 21.3 Å². The highest BCUT2D eigenvalue weighted by atomic mass is 32.1. The molecular weight excluding hydrogens is 206 g/mol. The Morgan fingerprint density at radius 3 is 3.27 bits per heavy atom. The van der Waals surface area contributed by atoms with Crippen LogP contribution in [0.5, 0.6) is 0 Å². The van der Waals surface area contributed by atoms with Crippen molar-refractivity contribution in [1.82, 2.24) is 5.32 Å². The fourth-order valence-corrected chi connectivity index (χ4v) is 2.94. The number of hydrogen-bond acceptors (Lipinski definition) is 3. The van der Waals surface area contributed by atoms with E-state index >= 15 is 0 Å². The van der Waals surface area contributed by atoms with E-state index in [9.17, 15) is 0 Å². The molecule has 2 atom stereocenters. The molecule has 0 aliphatic carbocycles. The van der Waals surface area contributed by atoms with Gasteiger partial charge >= 0.3 is 0 Å². The third-order valence-corrected chi connectivity index (χ3v) is 3.80. The number of thiophene rings is 1. The molecule has 15 heavy (non-hydrogen) atoms. The van der Waals surface area contributed by atoms with Crippen LogP contribution >= 0.6 is 11.3 Å². The van der Waals surface area contributed by atoms with Crippen molar-refractivity contribution in [2.75, 3.05) is 19.7 Å². The van der Waals surface area contributed by atoms with Gasteiger partial charge in [0, 0.05) is 23.9 Å². The molecule has 0 spiro atoms. The SMILES string of the molecule is CCCNCC1CCOC1c1cccs1. The highest BCUT2D eigenvalue weighted by Crippen LogP contribution is 2.36. The van der Waals surface area contributed by atoms with E-state index in [1.165, 1.54) is 17.7 Å². The summed E-state index contributed by atoms with van der Waals surface area (Å²) in [4.78, 5) is 1.38. The largest absolute Gasteiger partial charge is 0.372 e. The lowest BCUT2D eigenvalue weighted by Crippen LogP contribution is -2.25. The quantitative estimate of drug-likeness (QED) is 0.778. The summed E-state index contributed by atoms with van der Waals surface area (Å²) in [5.74, 6) is 0.662. The van der Waals surface area contributed by atoms with Crippen molar-refractivity contribution in [2.24, 2.45) is 5.92 Å². The number of rotatable bonds is 5. The maximum Gasteiger partial charge on any atom is 0.0957 e. The van der Waals surface area contributed by atoms with Crippen molar-refractivity contribution >= 4 is 11.3 Å². The second kappa shape index (κ2) is 5.64. The van der Waals surface area contributed by atoms with E-state index in [0.717, 1.165) is 19.7 Å². The Morgan fingerprint density at radius 2 is 2.53 bits per heavy atom. The zero-order chi connectivity index (χ0) is 10.5. The predicted molar refractivity (Wildman–Crippen MR) is 64.3 cm³/mol. The lowest BCUT2D eigenvalue weighted by molar-refractivity contribution is 0.0934. The lowest BCUT2D eigenvalue weighted by atomic mass is 10.0. The Kier molecular flexibility index (Phi) is 4.18. The molecule has 0 saturated carbocycles. The van der Waals surface area contributed by atoms with E-state index in [0.29, 0.717) is 12.0 Å². The van der Waals surface area contributed by atoms with Gasteiger partial charge in [-0.05, 0) is 30.8 Å². The molecule has 1 saturated heterocycles. The Balaban J connectivity index is 1.88. The van der Waals surface area contributed by atoms with E-state index in [1.807, 2.05) is 11.3 Å². The van der Waals surface area contributed by atoms with Gasteiger partial charge in [-0.1, -0.05) is 13.0 Å². The molecule has 1 N–H and O–H groups in total. The summed E-state index contributed by atoms with van der Waals surface area (Å²) in [7, 11) is 0. The van der Waals surface area contributed by atoms with Crippen LogP contribution in [0, 0.1) is 5.92 Å². The summed E-state index contributed by atoms with van der Waals surface area (Å²) in [5, 5.41) is 5.63. The molecule has 0 aromatic carbocycles. The first kappa shape index (κ1) is 11.1. The molecule has 2 rings (SSSR count). The molecule has 0 bridgehead atoms. The minimum absolute atomic E-state index is 0.342. The fourth-order valence-electron chi connectivity index (χ4n) is 2.07. The highest BCUT2D eigenvalue weighted by molar-refractivity contribution is 7.10. The first-order chi connectivity index (χ1) is 7.42. The molecule has 3 heteroatoms. The Morgan fingerprint density at radius 1 is 1.60 bits per heavy atom. The molecule has 1 aliphatic heterocycles. The van der Waals surface area contributed by atoms with E-state index < -0.39 is 0 Å². The smallest absolute Gasteiger partial charge is 0.0957 e. The maximum absolute atomic E-state index is 5.81. The van der Waals surface area contributed by atoms with Gasteiger partial charge in [-0.15, -0.1) is 11.3 Å². The van der Waals surface area contributed by atoms with E-state index in [1.54, 1.807) is 0 Å². The van der Waals surface area contributed by atoms with Crippen LogP contribution in [0.1, 0.15) is 30.7 Å².